The predicted molar refractivity (Wildman–Crippen MR) is 67.7 cm³/mol. The molecule has 0 spiro atoms. The zero-order chi connectivity index (χ0) is 12.1. The highest BCUT2D eigenvalue weighted by atomic mass is 35.5. The molecule has 0 saturated carbocycles. The highest BCUT2D eigenvalue weighted by molar-refractivity contribution is 6.31. The molecule has 0 bridgehead atoms. The van der Waals surface area contributed by atoms with Crippen LogP contribution >= 0.6 is 11.6 Å². The third kappa shape index (κ3) is 3.03. The van der Waals surface area contributed by atoms with Crippen LogP contribution < -0.4 is 9.64 Å². The first kappa shape index (κ1) is 13.1. The lowest BCUT2D eigenvalue weighted by Gasteiger charge is -2.22. The highest BCUT2D eigenvalue weighted by Crippen LogP contribution is 2.33. The Morgan fingerprint density at radius 2 is 2.12 bits per heavy atom. The Hall–Kier alpha value is -0.930. The van der Waals surface area contributed by atoms with E-state index in [9.17, 15) is 0 Å². The number of methoxy groups -OCH3 is 1. The van der Waals surface area contributed by atoms with Crippen molar-refractivity contribution >= 4 is 17.3 Å². The molecule has 0 saturated heterocycles. The van der Waals surface area contributed by atoms with Gasteiger partial charge in [-0.15, -0.1) is 0 Å². The maximum atomic E-state index is 8.81. The van der Waals surface area contributed by atoms with Gasteiger partial charge in [-0.25, -0.2) is 0 Å². The van der Waals surface area contributed by atoms with E-state index in [1.54, 1.807) is 7.11 Å². The Labute approximate surface area is 102 Å². The van der Waals surface area contributed by atoms with Crippen molar-refractivity contribution < 1.29 is 9.84 Å². The summed E-state index contributed by atoms with van der Waals surface area (Å²) in [5, 5.41) is 9.51. The van der Waals surface area contributed by atoms with Gasteiger partial charge in [0.15, 0.2) is 0 Å². The topological polar surface area (TPSA) is 32.7 Å². The van der Waals surface area contributed by atoms with E-state index < -0.39 is 0 Å². The van der Waals surface area contributed by atoms with Crippen molar-refractivity contribution in [3.05, 3.63) is 22.7 Å². The first-order valence-electron chi connectivity index (χ1n) is 5.26. The maximum Gasteiger partial charge on any atom is 0.143 e. The van der Waals surface area contributed by atoms with Crippen molar-refractivity contribution in [3.8, 4) is 5.75 Å². The average Bonchev–Trinajstić information content (AvgIpc) is 2.28. The molecule has 0 radical (unpaired) electrons. The Morgan fingerprint density at radius 3 is 2.69 bits per heavy atom. The lowest BCUT2D eigenvalue weighted by molar-refractivity contribution is 0.290. The van der Waals surface area contributed by atoms with Crippen molar-refractivity contribution in [1.82, 2.24) is 0 Å². The Morgan fingerprint density at radius 1 is 1.44 bits per heavy atom. The van der Waals surface area contributed by atoms with Crippen LogP contribution in [0.2, 0.25) is 5.02 Å². The van der Waals surface area contributed by atoms with Gasteiger partial charge in [0.2, 0.25) is 0 Å². The number of ether oxygens (including phenoxy) is 1. The van der Waals surface area contributed by atoms with Gasteiger partial charge in [-0.2, -0.15) is 0 Å². The van der Waals surface area contributed by atoms with E-state index in [0.717, 1.165) is 30.0 Å². The minimum Gasteiger partial charge on any atom is -0.495 e. The monoisotopic (exact) mass is 243 g/mol. The molecular weight excluding hydrogens is 226 g/mol. The predicted octanol–water partition coefficient (Wildman–Crippen LogP) is 2.48. The number of rotatable bonds is 5. The van der Waals surface area contributed by atoms with Crippen LogP contribution in [-0.4, -0.2) is 32.4 Å². The van der Waals surface area contributed by atoms with Crippen LogP contribution in [-0.2, 0) is 0 Å². The molecule has 0 heterocycles. The van der Waals surface area contributed by atoms with Crippen LogP contribution in [0.4, 0.5) is 5.69 Å². The second-order valence-electron chi connectivity index (χ2n) is 3.77. The van der Waals surface area contributed by atoms with E-state index in [-0.39, 0.29) is 6.61 Å². The van der Waals surface area contributed by atoms with Crippen molar-refractivity contribution in [2.45, 2.75) is 13.3 Å². The van der Waals surface area contributed by atoms with Gasteiger partial charge in [0, 0.05) is 31.3 Å². The van der Waals surface area contributed by atoms with Crippen LogP contribution in [0.15, 0.2) is 12.1 Å². The molecule has 0 fully saturated rings. The smallest absolute Gasteiger partial charge is 0.143 e. The van der Waals surface area contributed by atoms with Crippen molar-refractivity contribution in [1.29, 1.82) is 0 Å². The van der Waals surface area contributed by atoms with E-state index in [1.165, 1.54) is 0 Å². The first-order valence-corrected chi connectivity index (χ1v) is 5.64. The van der Waals surface area contributed by atoms with Gasteiger partial charge in [-0.3, -0.25) is 0 Å². The zero-order valence-corrected chi connectivity index (χ0v) is 10.7. The molecule has 4 heteroatoms. The number of hydrogen-bond acceptors (Lipinski definition) is 3. The fourth-order valence-electron chi connectivity index (χ4n) is 1.54. The molecule has 0 atom stereocenters. The minimum atomic E-state index is 0.194. The second kappa shape index (κ2) is 5.97. The van der Waals surface area contributed by atoms with E-state index in [2.05, 4.69) is 4.90 Å². The standard InChI is InChI=1S/C12H18ClNO2/c1-9-7-11(14(2)5-4-6-15)12(16-3)8-10(9)13/h7-8,15H,4-6H2,1-3H3. The molecule has 1 aromatic rings. The van der Waals surface area contributed by atoms with E-state index in [4.69, 9.17) is 21.4 Å². The van der Waals surface area contributed by atoms with Gasteiger partial charge >= 0.3 is 0 Å². The molecule has 0 aliphatic carbocycles. The molecule has 1 rings (SSSR count). The van der Waals surface area contributed by atoms with Crippen LogP contribution in [0.25, 0.3) is 0 Å². The molecule has 0 aliphatic heterocycles. The third-order valence-electron chi connectivity index (χ3n) is 2.52. The molecule has 0 unspecified atom stereocenters. The summed E-state index contributed by atoms with van der Waals surface area (Å²) in [6.45, 7) is 2.94. The largest absolute Gasteiger partial charge is 0.495 e. The number of aryl methyl sites for hydroxylation is 1. The lowest BCUT2D eigenvalue weighted by atomic mass is 10.2. The summed E-state index contributed by atoms with van der Waals surface area (Å²) in [5.74, 6) is 0.760. The molecule has 90 valence electrons. The second-order valence-corrected chi connectivity index (χ2v) is 4.18. The van der Waals surface area contributed by atoms with Crippen LogP contribution in [0.5, 0.6) is 5.75 Å². The molecule has 0 aliphatic rings. The quantitative estimate of drug-likeness (QED) is 0.863. The van der Waals surface area contributed by atoms with E-state index in [0.29, 0.717) is 5.02 Å². The summed E-state index contributed by atoms with van der Waals surface area (Å²) >= 11 is 6.04. The van der Waals surface area contributed by atoms with Crippen molar-refractivity contribution in [2.75, 3.05) is 32.2 Å². The Bertz CT molecular complexity index is 355. The molecule has 1 N–H and O–H groups in total. The van der Waals surface area contributed by atoms with Gasteiger partial charge in [0.1, 0.15) is 5.75 Å². The van der Waals surface area contributed by atoms with Gasteiger partial charge in [-0.05, 0) is 25.0 Å². The van der Waals surface area contributed by atoms with Gasteiger partial charge in [0.25, 0.3) is 0 Å². The normalized spacial score (nSPS) is 10.3. The molecule has 3 nitrogen and oxygen atoms in total. The SMILES string of the molecule is COc1cc(Cl)c(C)cc1N(C)CCCO. The van der Waals surface area contributed by atoms with E-state index in [1.807, 2.05) is 26.1 Å². The number of aliphatic hydroxyl groups excluding tert-OH is 1. The molecule has 0 amide bonds. The fraction of sp³-hybridized carbons (Fsp3) is 0.500. The zero-order valence-electron chi connectivity index (χ0n) is 9.96. The third-order valence-corrected chi connectivity index (χ3v) is 2.93. The number of nitrogens with zero attached hydrogens (tertiary/aromatic N) is 1. The number of anilines is 1. The van der Waals surface area contributed by atoms with Gasteiger partial charge in [0.05, 0.1) is 12.8 Å². The number of halogens is 1. The molecule has 0 aromatic heterocycles. The lowest BCUT2D eigenvalue weighted by Crippen LogP contribution is -2.20. The summed E-state index contributed by atoms with van der Waals surface area (Å²) in [7, 11) is 3.60. The maximum absolute atomic E-state index is 8.81. The van der Waals surface area contributed by atoms with Gasteiger partial charge < -0.3 is 14.7 Å². The van der Waals surface area contributed by atoms with Crippen molar-refractivity contribution in [2.24, 2.45) is 0 Å². The molecule has 16 heavy (non-hydrogen) atoms. The van der Waals surface area contributed by atoms with Crippen LogP contribution in [0, 0.1) is 6.92 Å². The summed E-state index contributed by atoms with van der Waals surface area (Å²) in [6.07, 6.45) is 0.737. The summed E-state index contributed by atoms with van der Waals surface area (Å²) in [5.41, 5.74) is 2.02. The number of hydrogen-bond donors (Lipinski definition) is 1. The van der Waals surface area contributed by atoms with E-state index >= 15 is 0 Å². The fourth-order valence-corrected chi connectivity index (χ4v) is 1.69. The summed E-state index contributed by atoms with van der Waals surface area (Å²) in [4.78, 5) is 2.05. The van der Waals surface area contributed by atoms with Gasteiger partial charge in [-0.1, -0.05) is 11.6 Å². The number of benzene rings is 1. The summed E-state index contributed by atoms with van der Waals surface area (Å²) in [6, 6.07) is 3.82. The Kier molecular flexibility index (Phi) is 4.90. The molecule has 1 aromatic carbocycles. The van der Waals surface area contributed by atoms with Crippen molar-refractivity contribution in [3.63, 3.8) is 0 Å². The first-order chi connectivity index (χ1) is 7.60. The summed E-state index contributed by atoms with van der Waals surface area (Å²) < 4.78 is 5.29. The minimum absolute atomic E-state index is 0.194. The average molecular weight is 244 g/mol. The number of aliphatic hydroxyl groups is 1. The highest BCUT2D eigenvalue weighted by Gasteiger charge is 2.10. The Balaban J connectivity index is 2.96. The molecular formula is C12H18ClNO2. The van der Waals surface area contributed by atoms with Crippen LogP contribution in [0.1, 0.15) is 12.0 Å². The van der Waals surface area contributed by atoms with Crippen LogP contribution in [0.3, 0.4) is 0 Å².